The highest BCUT2D eigenvalue weighted by molar-refractivity contribution is 9.10. The Morgan fingerprint density at radius 1 is 1.31 bits per heavy atom. The molecule has 90 valence electrons. The summed E-state index contributed by atoms with van der Waals surface area (Å²) < 4.78 is 19.2. The van der Waals surface area contributed by atoms with Crippen molar-refractivity contribution in [3.63, 3.8) is 0 Å². The van der Waals surface area contributed by atoms with Crippen molar-refractivity contribution in [1.29, 1.82) is 0 Å². The Bertz CT molecular complexity index is 320. The van der Waals surface area contributed by atoms with Gasteiger partial charge in [0.2, 0.25) is 0 Å². The van der Waals surface area contributed by atoms with E-state index >= 15 is 0 Å². The van der Waals surface area contributed by atoms with Crippen molar-refractivity contribution in [1.82, 2.24) is 5.32 Å². The van der Waals surface area contributed by atoms with Crippen LogP contribution in [0.25, 0.3) is 0 Å². The van der Waals surface area contributed by atoms with Crippen LogP contribution in [0.2, 0.25) is 0 Å². The van der Waals surface area contributed by atoms with Gasteiger partial charge in [-0.2, -0.15) is 0 Å². The molecule has 1 aromatic rings. The van der Waals surface area contributed by atoms with E-state index in [0.29, 0.717) is 12.4 Å². The number of benzene rings is 1. The summed E-state index contributed by atoms with van der Waals surface area (Å²) in [7, 11) is 1.94. The van der Waals surface area contributed by atoms with E-state index in [1.165, 1.54) is 12.1 Å². The highest BCUT2D eigenvalue weighted by Crippen LogP contribution is 2.25. The quantitative estimate of drug-likeness (QED) is 0.777. The highest BCUT2D eigenvalue weighted by atomic mass is 79.9. The van der Waals surface area contributed by atoms with Gasteiger partial charge in [-0.1, -0.05) is 0 Å². The molecule has 0 aliphatic heterocycles. The molecule has 0 aliphatic carbocycles. The molecule has 4 heteroatoms. The Morgan fingerprint density at radius 2 is 2.12 bits per heavy atom. The fourth-order valence-corrected chi connectivity index (χ4v) is 1.71. The SMILES string of the molecule is CNCCCCCOc1cc(F)ccc1Br. The number of hydrogen-bond acceptors (Lipinski definition) is 2. The monoisotopic (exact) mass is 289 g/mol. The lowest BCUT2D eigenvalue weighted by molar-refractivity contribution is 0.302. The lowest BCUT2D eigenvalue weighted by atomic mass is 10.2. The summed E-state index contributed by atoms with van der Waals surface area (Å²) in [6.07, 6.45) is 3.25. The minimum absolute atomic E-state index is 0.270. The number of ether oxygens (including phenoxy) is 1. The van der Waals surface area contributed by atoms with Crippen LogP contribution in [0.15, 0.2) is 22.7 Å². The second-order valence-corrected chi connectivity index (χ2v) is 4.44. The molecule has 1 N–H and O–H groups in total. The number of hydrogen-bond donors (Lipinski definition) is 1. The Hall–Kier alpha value is -0.610. The van der Waals surface area contributed by atoms with Gasteiger partial charge in [-0.05, 0) is 60.9 Å². The van der Waals surface area contributed by atoms with Crippen LogP contribution in [0.4, 0.5) is 4.39 Å². The van der Waals surface area contributed by atoms with E-state index in [1.807, 2.05) is 7.05 Å². The van der Waals surface area contributed by atoms with Crippen LogP contribution in [-0.4, -0.2) is 20.2 Å². The second kappa shape index (κ2) is 7.63. The first-order valence-corrected chi connectivity index (χ1v) is 6.26. The number of halogens is 2. The third kappa shape index (κ3) is 4.94. The molecule has 0 fully saturated rings. The fourth-order valence-electron chi connectivity index (χ4n) is 1.35. The fraction of sp³-hybridized carbons (Fsp3) is 0.500. The van der Waals surface area contributed by atoms with Gasteiger partial charge >= 0.3 is 0 Å². The average Bonchev–Trinajstić information content (AvgIpc) is 2.28. The van der Waals surface area contributed by atoms with Crippen LogP contribution in [0, 0.1) is 5.82 Å². The zero-order chi connectivity index (χ0) is 11.8. The summed E-state index contributed by atoms with van der Waals surface area (Å²) >= 11 is 3.32. The van der Waals surface area contributed by atoms with E-state index in [9.17, 15) is 4.39 Å². The summed E-state index contributed by atoms with van der Waals surface area (Å²) in [4.78, 5) is 0. The molecule has 2 nitrogen and oxygen atoms in total. The molecule has 1 rings (SSSR count). The van der Waals surface area contributed by atoms with E-state index in [0.717, 1.165) is 30.3 Å². The molecule has 0 atom stereocenters. The average molecular weight is 290 g/mol. The number of unbranched alkanes of at least 4 members (excludes halogenated alkanes) is 2. The topological polar surface area (TPSA) is 21.3 Å². The van der Waals surface area contributed by atoms with Gasteiger partial charge in [0, 0.05) is 6.07 Å². The van der Waals surface area contributed by atoms with Gasteiger partial charge in [0.25, 0.3) is 0 Å². The minimum atomic E-state index is -0.270. The molecule has 0 amide bonds. The van der Waals surface area contributed by atoms with E-state index in [4.69, 9.17) is 4.74 Å². The van der Waals surface area contributed by atoms with Crippen LogP contribution in [-0.2, 0) is 0 Å². The predicted octanol–water partition coefficient (Wildman–Crippen LogP) is 3.36. The maximum atomic E-state index is 12.9. The molecule has 0 heterocycles. The van der Waals surface area contributed by atoms with Crippen molar-refractivity contribution in [2.45, 2.75) is 19.3 Å². The van der Waals surface area contributed by atoms with Crippen molar-refractivity contribution >= 4 is 15.9 Å². The third-order valence-corrected chi connectivity index (χ3v) is 2.88. The summed E-state index contributed by atoms with van der Waals surface area (Å²) in [6, 6.07) is 4.47. The molecular formula is C12H17BrFNO. The van der Waals surface area contributed by atoms with E-state index < -0.39 is 0 Å². The van der Waals surface area contributed by atoms with Gasteiger partial charge in [0.15, 0.2) is 0 Å². The molecule has 0 aliphatic rings. The van der Waals surface area contributed by atoms with Gasteiger partial charge < -0.3 is 10.1 Å². The molecule has 0 unspecified atom stereocenters. The molecule has 0 saturated carbocycles. The van der Waals surface area contributed by atoms with E-state index in [-0.39, 0.29) is 5.82 Å². The van der Waals surface area contributed by atoms with Crippen molar-refractivity contribution in [2.24, 2.45) is 0 Å². The molecular weight excluding hydrogens is 273 g/mol. The Kier molecular flexibility index (Phi) is 6.42. The summed E-state index contributed by atoms with van der Waals surface area (Å²) in [6.45, 7) is 1.66. The van der Waals surface area contributed by atoms with Crippen molar-refractivity contribution in [3.8, 4) is 5.75 Å². The van der Waals surface area contributed by atoms with Crippen molar-refractivity contribution < 1.29 is 9.13 Å². The molecule has 0 aromatic heterocycles. The van der Waals surface area contributed by atoms with E-state index in [2.05, 4.69) is 21.2 Å². The zero-order valence-corrected chi connectivity index (χ0v) is 11.0. The lowest BCUT2D eigenvalue weighted by Gasteiger charge is -2.08. The standard InChI is InChI=1S/C12H17BrFNO/c1-15-7-3-2-4-8-16-12-9-10(14)5-6-11(12)13/h5-6,9,15H,2-4,7-8H2,1H3. The Labute approximate surface area is 104 Å². The normalized spacial score (nSPS) is 10.4. The molecule has 0 spiro atoms. The maximum Gasteiger partial charge on any atom is 0.136 e. The maximum absolute atomic E-state index is 12.9. The van der Waals surface area contributed by atoms with Crippen LogP contribution in [0.5, 0.6) is 5.75 Å². The smallest absolute Gasteiger partial charge is 0.136 e. The summed E-state index contributed by atoms with van der Waals surface area (Å²) in [5.41, 5.74) is 0. The van der Waals surface area contributed by atoms with Gasteiger partial charge in [0.1, 0.15) is 11.6 Å². The third-order valence-electron chi connectivity index (χ3n) is 2.22. The molecule has 16 heavy (non-hydrogen) atoms. The summed E-state index contributed by atoms with van der Waals surface area (Å²) in [5, 5.41) is 3.09. The van der Waals surface area contributed by atoms with Crippen molar-refractivity contribution in [2.75, 3.05) is 20.2 Å². The van der Waals surface area contributed by atoms with Gasteiger partial charge in [-0.15, -0.1) is 0 Å². The molecule has 0 bridgehead atoms. The minimum Gasteiger partial charge on any atom is -0.492 e. The highest BCUT2D eigenvalue weighted by Gasteiger charge is 2.02. The largest absolute Gasteiger partial charge is 0.492 e. The first kappa shape index (κ1) is 13.5. The predicted molar refractivity (Wildman–Crippen MR) is 67.4 cm³/mol. The van der Waals surface area contributed by atoms with Crippen LogP contribution >= 0.6 is 15.9 Å². The Balaban J connectivity index is 2.23. The van der Waals surface area contributed by atoms with Gasteiger partial charge in [-0.25, -0.2) is 4.39 Å². The zero-order valence-electron chi connectivity index (χ0n) is 9.43. The number of nitrogens with one attached hydrogen (secondary N) is 1. The molecule has 1 aromatic carbocycles. The van der Waals surface area contributed by atoms with Gasteiger partial charge in [0.05, 0.1) is 11.1 Å². The summed E-state index contributed by atoms with van der Waals surface area (Å²) in [5.74, 6) is 0.307. The first-order valence-electron chi connectivity index (χ1n) is 5.46. The van der Waals surface area contributed by atoms with Gasteiger partial charge in [-0.3, -0.25) is 0 Å². The first-order chi connectivity index (χ1) is 7.74. The molecule has 0 saturated heterocycles. The second-order valence-electron chi connectivity index (χ2n) is 3.59. The van der Waals surface area contributed by atoms with Crippen LogP contribution < -0.4 is 10.1 Å². The van der Waals surface area contributed by atoms with E-state index in [1.54, 1.807) is 6.07 Å². The van der Waals surface area contributed by atoms with Crippen molar-refractivity contribution in [3.05, 3.63) is 28.5 Å². The van der Waals surface area contributed by atoms with Crippen LogP contribution in [0.3, 0.4) is 0 Å². The molecule has 0 radical (unpaired) electrons. The number of rotatable bonds is 7. The van der Waals surface area contributed by atoms with Crippen LogP contribution in [0.1, 0.15) is 19.3 Å². The lowest BCUT2D eigenvalue weighted by Crippen LogP contribution is -2.08. The Morgan fingerprint density at radius 3 is 2.88 bits per heavy atom.